The highest BCUT2D eigenvalue weighted by Gasteiger charge is 2.42. The first-order valence-corrected chi connectivity index (χ1v) is 4.93. The molecule has 0 saturated carbocycles. The summed E-state index contributed by atoms with van der Waals surface area (Å²) >= 11 is 0. The predicted octanol–water partition coefficient (Wildman–Crippen LogP) is 2.36. The van der Waals surface area contributed by atoms with E-state index in [0.29, 0.717) is 13.0 Å². The van der Waals surface area contributed by atoms with E-state index < -0.39 is 12.1 Å². The number of alkyl halides is 3. The molecule has 5 heteroatoms. The standard InChI is InChI=1S/C10H14F3NO/c1-2-4-9(15)14-6-3-5-8(7-14)10(11,12)13/h2,4,8H,3,5-7H2,1H3. The lowest BCUT2D eigenvalue weighted by Crippen LogP contribution is -2.44. The summed E-state index contributed by atoms with van der Waals surface area (Å²) in [5.74, 6) is -1.69. The van der Waals surface area contributed by atoms with Gasteiger partial charge in [0.05, 0.1) is 5.92 Å². The van der Waals surface area contributed by atoms with Crippen molar-refractivity contribution in [1.82, 2.24) is 4.90 Å². The number of piperidine rings is 1. The van der Waals surface area contributed by atoms with Gasteiger partial charge in [-0.2, -0.15) is 13.2 Å². The van der Waals surface area contributed by atoms with E-state index in [4.69, 9.17) is 0 Å². The molecule has 1 fully saturated rings. The minimum atomic E-state index is -4.19. The van der Waals surface area contributed by atoms with E-state index in [2.05, 4.69) is 0 Å². The summed E-state index contributed by atoms with van der Waals surface area (Å²) < 4.78 is 37.2. The number of carbonyl (C=O) groups excluding carboxylic acids is 1. The molecular weight excluding hydrogens is 207 g/mol. The number of carbonyl (C=O) groups is 1. The molecule has 1 atom stereocenters. The Balaban J connectivity index is 2.60. The Hall–Kier alpha value is -1.00. The zero-order valence-corrected chi connectivity index (χ0v) is 8.55. The van der Waals surface area contributed by atoms with Crippen LogP contribution >= 0.6 is 0 Å². The molecule has 2 nitrogen and oxygen atoms in total. The van der Waals surface area contributed by atoms with E-state index in [-0.39, 0.29) is 18.9 Å². The fourth-order valence-electron chi connectivity index (χ4n) is 1.69. The van der Waals surface area contributed by atoms with Gasteiger partial charge < -0.3 is 4.90 Å². The molecule has 0 aliphatic carbocycles. The number of hydrogen-bond donors (Lipinski definition) is 0. The summed E-state index contributed by atoms with van der Waals surface area (Å²) in [5.41, 5.74) is 0. The van der Waals surface area contributed by atoms with E-state index in [1.807, 2.05) is 0 Å². The van der Waals surface area contributed by atoms with Crippen LogP contribution in [0.1, 0.15) is 19.8 Å². The monoisotopic (exact) mass is 221 g/mol. The van der Waals surface area contributed by atoms with Gasteiger partial charge in [-0.1, -0.05) is 6.08 Å². The van der Waals surface area contributed by atoms with Crippen LogP contribution in [0.2, 0.25) is 0 Å². The van der Waals surface area contributed by atoms with Crippen LogP contribution in [0.3, 0.4) is 0 Å². The van der Waals surface area contributed by atoms with Gasteiger partial charge in [0.15, 0.2) is 0 Å². The normalized spacial score (nSPS) is 23.5. The van der Waals surface area contributed by atoms with Crippen LogP contribution < -0.4 is 0 Å². The van der Waals surface area contributed by atoms with Gasteiger partial charge in [0.25, 0.3) is 0 Å². The lowest BCUT2D eigenvalue weighted by Gasteiger charge is -2.33. The molecule has 1 rings (SSSR count). The van der Waals surface area contributed by atoms with Crippen LogP contribution in [0.25, 0.3) is 0 Å². The number of allylic oxidation sites excluding steroid dienone is 1. The van der Waals surface area contributed by atoms with Crippen molar-refractivity contribution >= 4 is 5.91 Å². The quantitative estimate of drug-likeness (QED) is 0.622. The van der Waals surface area contributed by atoms with E-state index in [0.717, 1.165) is 0 Å². The van der Waals surface area contributed by atoms with E-state index in [1.54, 1.807) is 13.0 Å². The maximum Gasteiger partial charge on any atom is 0.393 e. The Kier molecular flexibility index (Phi) is 3.77. The number of likely N-dealkylation sites (tertiary alicyclic amines) is 1. The molecule has 1 heterocycles. The third kappa shape index (κ3) is 3.25. The van der Waals surface area contributed by atoms with Gasteiger partial charge in [0.1, 0.15) is 0 Å². The van der Waals surface area contributed by atoms with E-state index in [9.17, 15) is 18.0 Å². The van der Waals surface area contributed by atoms with Gasteiger partial charge in [-0.15, -0.1) is 0 Å². The molecule has 0 aromatic heterocycles. The average Bonchev–Trinajstić information content (AvgIpc) is 2.17. The highest BCUT2D eigenvalue weighted by atomic mass is 19.4. The summed E-state index contributed by atoms with van der Waals surface area (Å²) in [5, 5.41) is 0. The van der Waals surface area contributed by atoms with Crippen molar-refractivity contribution in [2.75, 3.05) is 13.1 Å². The highest BCUT2D eigenvalue weighted by molar-refractivity contribution is 5.87. The Morgan fingerprint density at radius 1 is 1.47 bits per heavy atom. The second kappa shape index (κ2) is 4.68. The van der Waals surface area contributed by atoms with Gasteiger partial charge in [-0.05, 0) is 25.8 Å². The first-order chi connectivity index (χ1) is 6.95. The molecule has 1 amide bonds. The number of hydrogen-bond acceptors (Lipinski definition) is 1. The summed E-state index contributed by atoms with van der Waals surface area (Å²) in [7, 11) is 0. The van der Waals surface area contributed by atoms with Gasteiger partial charge in [0, 0.05) is 13.1 Å². The van der Waals surface area contributed by atoms with Crippen LogP contribution in [0.5, 0.6) is 0 Å². The predicted molar refractivity (Wildman–Crippen MR) is 50.2 cm³/mol. The summed E-state index contributed by atoms with van der Waals surface area (Å²) in [4.78, 5) is 12.6. The number of rotatable bonds is 1. The van der Waals surface area contributed by atoms with Crippen molar-refractivity contribution in [3.8, 4) is 0 Å². The van der Waals surface area contributed by atoms with Crippen molar-refractivity contribution in [3.05, 3.63) is 12.2 Å². The fourth-order valence-corrected chi connectivity index (χ4v) is 1.69. The van der Waals surface area contributed by atoms with E-state index >= 15 is 0 Å². The van der Waals surface area contributed by atoms with Crippen LogP contribution in [0, 0.1) is 5.92 Å². The SMILES string of the molecule is CC=CC(=O)N1CCCC(C(F)(F)F)C1. The average molecular weight is 221 g/mol. The lowest BCUT2D eigenvalue weighted by molar-refractivity contribution is -0.187. The van der Waals surface area contributed by atoms with Crippen molar-refractivity contribution in [2.24, 2.45) is 5.92 Å². The van der Waals surface area contributed by atoms with Gasteiger partial charge in [-0.25, -0.2) is 0 Å². The molecule has 0 spiro atoms. The topological polar surface area (TPSA) is 20.3 Å². The van der Waals surface area contributed by atoms with Crippen LogP contribution in [0.15, 0.2) is 12.2 Å². The zero-order chi connectivity index (χ0) is 11.5. The maximum atomic E-state index is 12.4. The Bertz CT molecular complexity index is 260. The van der Waals surface area contributed by atoms with Crippen molar-refractivity contribution in [3.63, 3.8) is 0 Å². The van der Waals surface area contributed by atoms with Gasteiger partial charge >= 0.3 is 6.18 Å². The second-order valence-corrected chi connectivity index (χ2v) is 3.67. The molecule has 1 unspecified atom stereocenters. The number of amides is 1. The summed E-state index contributed by atoms with van der Waals surface area (Å²) in [6.45, 7) is 1.89. The number of halogens is 3. The maximum absolute atomic E-state index is 12.4. The molecule has 1 saturated heterocycles. The van der Waals surface area contributed by atoms with Crippen molar-refractivity contribution in [2.45, 2.75) is 25.9 Å². The van der Waals surface area contributed by atoms with Crippen molar-refractivity contribution < 1.29 is 18.0 Å². The van der Waals surface area contributed by atoms with Gasteiger partial charge in [0.2, 0.25) is 5.91 Å². The van der Waals surface area contributed by atoms with Crippen LogP contribution in [-0.4, -0.2) is 30.1 Å². The molecule has 1 aliphatic rings. The van der Waals surface area contributed by atoms with Crippen LogP contribution in [-0.2, 0) is 4.79 Å². The molecule has 0 aromatic carbocycles. The second-order valence-electron chi connectivity index (χ2n) is 3.67. The Labute approximate surface area is 86.7 Å². The summed E-state index contributed by atoms with van der Waals surface area (Å²) in [6.07, 6.45) is -0.788. The Morgan fingerprint density at radius 2 is 2.13 bits per heavy atom. The molecular formula is C10H14F3NO. The lowest BCUT2D eigenvalue weighted by atomic mass is 9.97. The zero-order valence-electron chi connectivity index (χ0n) is 8.55. The Morgan fingerprint density at radius 3 is 2.67 bits per heavy atom. The molecule has 0 N–H and O–H groups in total. The third-order valence-corrected chi connectivity index (χ3v) is 2.51. The molecule has 0 radical (unpaired) electrons. The van der Waals surface area contributed by atoms with Crippen LogP contribution in [0.4, 0.5) is 13.2 Å². The molecule has 1 aliphatic heterocycles. The summed E-state index contributed by atoms with van der Waals surface area (Å²) in [6, 6.07) is 0. The molecule has 0 bridgehead atoms. The molecule has 86 valence electrons. The van der Waals surface area contributed by atoms with Gasteiger partial charge in [-0.3, -0.25) is 4.79 Å². The minimum absolute atomic E-state index is 0.128. The number of nitrogens with zero attached hydrogens (tertiary/aromatic N) is 1. The van der Waals surface area contributed by atoms with Crippen molar-refractivity contribution in [1.29, 1.82) is 0 Å². The molecule has 0 aromatic rings. The fraction of sp³-hybridized carbons (Fsp3) is 0.700. The smallest absolute Gasteiger partial charge is 0.339 e. The third-order valence-electron chi connectivity index (χ3n) is 2.51. The first-order valence-electron chi connectivity index (χ1n) is 4.93. The van der Waals surface area contributed by atoms with E-state index in [1.165, 1.54) is 11.0 Å². The minimum Gasteiger partial charge on any atom is -0.339 e. The largest absolute Gasteiger partial charge is 0.393 e. The molecule has 15 heavy (non-hydrogen) atoms. The highest BCUT2D eigenvalue weighted by Crippen LogP contribution is 2.33. The first kappa shape index (κ1) is 12.1.